The molecule has 1 aromatic carbocycles. The van der Waals surface area contributed by atoms with Gasteiger partial charge in [0.2, 0.25) is 0 Å². The molecule has 1 aliphatic heterocycles. The lowest BCUT2D eigenvalue weighted by atomic mass is 10.1. The van der Waals surface area contributed by atoms with Crippen LogP contribution in [0.3, 0.4) is 0 Å². The molecule has 4 rings (SSSR count). The lowest BCUT2D eigenvalue weighted by molar-refractivity contribution is 0.243. The van der Waals surface area contributed by atoms with E-state index >= 15 is 0 Å². The van der Waals surface area contributed by atoms with Crippen LogP contribution in [-0.4, -0.2) is 26.4 Å². The number of H-pyrrole nitrogens is 2. The van der Waals surface area contributed by atoms with Crippen LogP contribution in [0, 0.1) is 10.6 Å². The van der Waals surface area contributed by atoms with Gasteiger partial charge in [-0.05, 0) is 36.0 Å². The number of hydrogen-bond acceptors (Lipinski definition) is 3. The first-order chi connectivity index (χ1) is 10.7. The summed E-state index contributed by atoms with van der Waals surface area (Å²) in [7, 11) is 0. The van der Waals surface area contributed by atoms with Crippen LogP contribution in [0.25, 0.3) is 10.9 Å². The van der Waals surface area contributed by atoms with Gasteiger partial charge in [0.1, 0.15) is 5.82 Å². The zero-order chi connectivity index (χ0) is 15.1. The number of hydrogen-bond donors (Lipinski definition) is 2. The monoisotopic (exact) mass is 314 g/mol. The molecule has 6 heteroatoms. The molecule has 0 fully saturated rings. The number of benzene rings is 1. The van der Waals surface area contributed by atoms with Crippen molar-refractivity contribution >= 4 is 23.1 Å². The summed E-state index contributed by atoms with van der Waals surface area (Å²) in [4.78, 5) is 12.9. The molecule has 0 aliphatic carbocycles. The van der Waals surface area contributed by atoms with E-state index in [0.29, 0.717) is 4.77 Å². The van der Waals surface area contributed by atoms with Crippen molar-refractivity contribution in [1.82, 2.24) is 19.9 Å². The van der Waals surface area contributed by atoms with Crippen LogP contribution >= 0.6 is 12.2 Å². The number of nitrogens with zero attached hydrogens (tertiary/aromatic N) is 2. The average molecular weight is 314 g/mol. The van der Waals surface area contributed by atoms with E-state index < -0.39 is 0 Å². The second-order valence-corrected chi connectivity index (χ2v) is 6.04. The average Bonchev–Trinajstić information content (AvgIpc) is 2.90. The number of halogens is 1. The van der Waals surface area contributed by atoms with Crippen LogP contribution in [0.2, 0.25) is 0 Å². The van der Waals surface area contributed by atoms with Crippen molar-refractivity contribution in [1.29, 1.82) is 0 Å². The molecule has 3 heterocycles. The van der Waals surface area contributed by atoms with Gasteiger partial charge in [-0.25, -0.2) is 9.37 Å². The number of fused-ring (bicyclic) bond motifs is 2. The van der Waals surface area contributed by atoms with E-state index in [4.69, 9.17) is 12.2 Å². The highest BCUT2D eigenvalue weighted by Crippen LogP contribution is 2.23. The highest BCUT2D eigenvalue weighted by atomic mass is 32.1. The molecule has 4 nitrogen and oxygen atoms in total. The molecule has 112 valence electrons. The molecule has 3 aromatic rings. The van der Waals surface area contributed by atoms with Gasteiger partial charge in [0.05, 0.1) is 0 Å². The lowest BCUT2D eigenvalue weighted by Gasteiger charge is -2.27. The molecule has 0 bridgehead atoms. The summed E-state index contributed by atoms with van der Waals surface area (Å²) in [5.41, 5.74) is 4.46. The Morgan fingerprint density at radius 3 is 3.18 bits per heavy atom. The Balaban J connectivity index is 1.60. The molecular weight excluding hydrogens is 299 g/mol. The summed E-state index contributed by atoms with van der Waals surface area (Å²) < 4.78 is 14.0. The number of rotatable bonds is 2. The molecule has 0 radical (unpaired) electrons. The third-order valence-corrected chi connectivity index (χ3v) is 4.39. The second kappa shape index (κ2) is 5.30. The Labute approximate surface area is 132 Å². The maximum Gasteiger partial charge on any atom is 0.196 e. The van der Waals surface area contributed by atoms with Gasteiger partial charge in [0.15, 0.2) is 4.77 Å². The summed E-state index contributed by atoms with van der Waals surface area (Å²) in [6.45, 7) is 2.57. The predicted molar refractivity (Wildman–Crippen MR) is 85.5 cm³/mol. The van der Waals surface area contributed by atoms with E-state index in [2.05, 4.69) is 19.9 Å². The van der Waals surface area contributed by atoms with E-state index in [1.165, 1.54) is 17.3 Å². The van der Waals surface area contributed by atoms with Crippen LogP contribution in [0.1, 0.15) is 16.8 Å². The Morgan fingerprint density at radius 2 is 2.27 bits per heavy atom. The van der Waals surface area contributed by atoms with Gasteiger partial charge in [-0.2, -0.15) is 0 Å². The second-order valence-electron chi connectivity index (χ2n) is 5.66. The highest BCUT2D eigenvalue weighted by molar-refractivity contribution is 7.71. The molecule has 0 spiro atoms. The maximum absolute atomic E-state index is 13.5. The normalized spacial score (nSPS) is 15.1. The molecule has 0 amide bonds. The highest BCUT2D eigenvalue weighted by Gasteiger charge is 2.18. The van der Waals surface area contributed by atoms with Crippen molar-refractivity contribution in [2.45, 2.75) is 19.5 Å². The topological polar surface area (TPSA) is 47.7 Å². The molecule has 2 N–H and O–H groups in total. The van der Waals surface area contributed by atoms with E-state index in [9.17, 15) is 4.39 Å². The van der Waals surface area contributed by atoms with Gasteiger partial charge < -0.3 is 9.97 Å². The summed E-state index contributed by atoms with van der Waals surface area (Å²) >= 11 is 5.07. The molecular formula is C16H15FN4S. The summed E-state index contributed by atoms with van der Waals surface area (Å²) in [6.07, 6.45) is 4.75. The third kappa shape index (κ3) is 2.44. The molecule has 0 saturated carbocycles. The van der Waals surface area contributed by atoms with E-state index in [0.717, 1.165) is 42.5 Å². The number of nitrogens with one attached hydrogen (secondary N) is 2. The molecule has 22 heavy (non-hydrogen) atoms. The van der Waals surface area contributed by atoms with Crippen LogP contribution in [0.15, 0.2) is 30.6 Å². The Bertz CT molecular complexity index is 899. The molecule has 0 unspecified atom stereocenters. The summed E-state index contributed by atoms with van der Waals surface area (Å²) in [5, 5.41) is 0.955. The fourth-order valence-electron chi connectivity index (χ4n) is 3.06. The zero-order valence-electron chi connectivity index (χ0n) is 11.9. The number of aromatic amines is 2. The molecule has 2 aromatic heterocycles. The van der Waals surface area contributed by atoms with Crippen LogP contribution in [-0.2, 0) is 19.5 Å². The van der Waals surface area contributed by atoms with Gasteiger partial charge in [-0.3, -0.25) is 4.90 Å². The van der Waals surface area contributed by atoms with Crippen LogP contribution < -0.4 is 0 Å². The minimum atomic E-state index is -0.200. The molecule has 0 atom stereocenters. The van der Waals surface area contributed by atoms with Gasteiger partial charge in [0, 0.05) is 60.6 Å². The molecule has 1 aliphatic rings. The largest absolute Gasteiger partial charge is 0.361 e. The number of aromatic nitrogens is 3. The molecule has 0 saturated heterocycles. The Morgan fingerprint density at radius 1 is 1.36 bits per heavy atom. The van der Waals surface area contributed by atoms with Gasteiger partial charge in [-0.15, -0.1) is 0 Å². The first-order valence-corrected chi connectivity index (χ1v) is 7.65. The fourth-order valence-corrected chi connectivity index (χ4v) is 3.24. The minimum Gasteiger partial charge on any atom is -0.361 e. The van der Waals surface area contributed by atoms with E-state index in [-0.39, 0.29) is 5.82 Å². The smallest absolute Gasteiger partial charge is 0.196 e. The first-order valence-electron chi connectivity index (χ1n) is 7.24. The predicted octanol–water partition coefficient (Wildman–Crippen LogP) is 3.32. The maximum atomic E-state index is 13.5. The summed E-state index contributed by atoms with van der Waals surface area (Å²) in [6, 6.07) is 4.86. The van der Waals surface area contributed by atoms with Crippen molar-refractivity contribution in [2.24, 2.45) is 0 Å². The third-order valence-electron chi connectivity index (χ3n) is 4.18. The van der Waals surface area contributed by atoms with Gasteiger partial charge >= 0.3 is 0 Å². The lowest BCUT2D eigenvalue weighted by Crippen LogP contribution is -2.30. The minimum absolute atomic E-state index is 0.200. The first kappa shape index (κ1) is 13.6. The van der Waals surface area contributed by atoms with Crippen molar-refractivity contribution in [3.05, 3.63) is 58.0 Å². The van der Waals surface area contributed by atoms with Crippen LogP contribution in [0.5, 0.6) is 0 Å². The standard InChI is InChI=1S/C16H15FN4S/c17-12-1-2-15-13(5-12)10(6-18-15)8-21-4-3-14-11(9-21)7-19-16(22)20-14/h1-2,5-7,18H,3-4,8-9H2,(H,19,20,22). The summed E-state index contributed by atoms with van der Waals surface area (Å²) in [5.74, 6) is -0.200. The van der Waals surface area contributed by atoms with Gasteiger partial charge in [-0.1, -0.05) is 0 Å². The van der Waals surface area contributed by atoms with Crippen molar-refractivity contribution in [3.63, 3.8) is 0 Å². The van der Waals surface area contributed by atoms with Crippen LogP contribution in [0.4, 0.5) is 4.39 Å². The fraction of sp³-hybridized carbons (Fsp3) is 0.250. The quantitative estimate of drug-likeness (QED) is 0.713. The van der Waals surface area contributed by atoms with E-state index in [1.54, 1.807) is 12.1 Å². The SMILES string of the molecule is Fc1ccc2[nH]cc(CN3CCc4[nH]c(=S)ncc4C3)c2c1. The van der Waals surface area contributed by atoms with Crippen molar-refractivity contribution < 1.29 is 4.39 Å². The van der Waals surface area contributed by atoms with E-state index in [1.807, 2.05) is 12.4 Å². The zero-order valence-corrected chi connectivity index (χ0v) is 12.7. The Hall–Kier alpha value is -2.05. The van der Waals surface area contributed by atoms with Crippen molar-refractivity contribution in [2.75, 3.05) is 6.54 Å². The van der Waals surface area contributed by atoms with Crippen molar-refractivity contribution in [3.8, 4) is 0 Å². The Kier molecular flexibility index (Phi) is 3.28. The van der Waals surface area contributed by atoms with Gasteiger partial charge in [0.25, 0.3) is 0 Å².